The molecule has 2 heterocycles. The summed E-state index contributed by atoms with van der Waals surface area (Å²) in [5.74, 6) is -1.66. The predicted octanol–water partition coefficient (Wildman–Crippen LogP) is 7.74. The summed E-state index contributed by atoms with van der Waals surface area (Å²) in [5.41, 5.74) is 3.48. The number of fused-ring (bicyclic) bond motifs is 1. The monoisotopic (exact) mass is 610 g/mol. The van der Waals surface area contributed by atoms with E-state index < -0.39 is 23.6 Å². The molecule has 0 aliphatic rings. The summed E-state index contributed by atoms with van der Waals surface area (Å²) in [7, 11) is 0. The van der Waals surface area contributed by atoms with E-state index in [4.69, 9.17) is 4.74 Å². The van der Waals surface area contributed by atoms with Crippen LogP contribution in [0.4, 0.5) is 24.0 Å². The highest BCUT2D eigenvalue weighted by Gasteiger charge is 2.32. The lowest BCUT2D eigenvalue weighted by Crippen LogP contribution is -2.22. The second kappa shape index (κ2) is 13.2. The average Bonchev–Trinajstić information content (AvgIpc) is 3.65. The molecule has 3 aromatic carbocycles. The van der Waals surface area contributed by atoms with Crippen molar-refractivity contribution in [2.75, 3.05) is 17.2 Å². The van der Waals surface area contributed by atoms with Gasteiger partial charge in [0.25, 0.3) is 5.91 Å². The molecule has 1 unspecified atom stereocenters. The quantitative estimate of drug-likeness (QED) is 0.149. The number of benzene rings is 3. The number of nitrogens with one attached hydrogen (secondary N) is 2. The van der Waals surface area contributed by atoms with Gasteiger partial charge >= 0.3 is 6.18 Å². The molecule has 42 heavy (non-hydrogen) atoms. The number of hydrogen-bond donors (Lipinski definition) is 2. The molecule has 0 spiro atoms. The second-order valence-electron chi connectivity index (χ2n) is 9.37. The first-order valence-corrected chi connectivity index (χ1v) is 14.7. The fraction of sp³-hybridized carbons (Fsp3) is 0.200. The first-order chi connectivity index (χ1) is 20.3. The molecule has 7 nitrogen and oxygen atoms in total. The molecule has 0 saturated carbocycles. The minimum atomic E-state index is -4.53. The van der Waals surface area contributed by atoms with E-state index in [1.807, 2.05) is 30.3 Å². The van der Waals surface area contributed by atoms with Crippen molar-refractivity contribution in [2.24, 2.45) is 0 Å². The molecule has 2 N–H and O–H groups in total. The summed E-state index contributed by atoms with van der Waals surface area (Å²) in [6, 6.07) is 19.6. The Morgan fingerprint density at radius 3 is 2.57 bits per heavy atom. The van der Waals surface area contributed by atoms with Crippen LogP contribution in [0.2, 0.25) is 0 Å². The third-order valence-electron chi connectivity index (χ3n) is 6.37. The number of ether oxygens (including phenoxy) is 1. The number of carbonyl (C=O) groups is 2. The molecule has 2 amide bonds. The van der Waals surface area contributed by atoms with Crippen LogP contribution in [0.3, 0.4) is 0 Å². The van der Waals surface area contributed by atoms with Crippen LogP contribution < -0.4 is 10.6 Å². The van der Waals surface area contributed by atoms with E-state index >= 15 is 0 Å². The summed E-state index contributed by atoms with van der Waals surface area (Å²) in [6.45, 7) is 0.743. The Kier molecular flexibility index (Phi) is 9.25. The first-order valence-electron chi connectivity index (χ1n) is 13.0. The number of thiazole rings is 2. The van der Waals surface area contributed by atoms with Gasteiger partial charge in [-0.3, -0.25) is 9.59 Å². The standard InChI is InChI=1S/C30H25F3N4O3S2/c31-30(32,33)21-9-4-8-20(14-21)23(10-5-13-40-16-19-6-2-1-3-7-19)27(38)37-29-36-24-12-11-22(15-26(24)42-29)35-28(39)25-17-41-18-34-25/h1-4,6-9,11-12,14-15,17-18,23H,5,10,13,16H2,(H,35,39)(H,36,37,38). The third kappa shape index (κ3) is 7.58. The van der Waals surface area contributed by atoms with Crippen molar-refractivity contribution in [1.82, 2.24) is 9.97 Å². The molecule has 1 atom stereocenters. The molecule has 0 aliphatic carbocycles. The number of hydrogen-bond acceptors (Lipinski definition) is 7. The fourth-order valence-electron chi connectivity index (χ4n) is 4.30. The zero-order valence-corrected chi connectivity index (χ0v) is 23.7. The summed E-state index contributed by atoms with van der Waals surface area (Å²) >= 11 is 2.52. The Labute approximate surface area is 247 Å². The van der Waals surface area contributed by atoms with Gasteiger partial charge in [-0.2, -0.15) is 13.2 Å². The maximum absolute atomic E-state index is 13.5. The first kappa shape index (κ1) is 29.4. The summed E-state index contributed by atoms with van der Waals surface area (Å²) in [5, 5.41) is 7.51. The molecule has 0 radical (unpaired) electrons. The molecule has 12 heteroatoms. The van der Waals surface area contributed by atoms with Gasteiger partial charge in [-0.1, -0.05) is 59.9 Å². The molecule has 216 valence electrons. The van der Waals surface area contributed by atoms with Crippen LogP contribution in [0.1, 0.15) is 45.9 Å². The lowest BCUT2D eigenvalue weighted by molar-refractivity contribution is -0.137. The maximum Gasteiger partial charge on any atom is 0.416 e. The van der Waals surface area contributed by atoms with Crippen LogP contribution in [0.25, 0.3) is 10.2 Å². The van der Waals surface area contributed by atoms with Gasteiger partial charge in [0.15, 0.2) is 5.13 Å². The third-order valence-corrected chi connectivity index (χ3v) is 7.89. The van der Waals surface area contributed by atoms with E-state index in [1.165, 1.54) is 34.8 Å². The van der Waals surface area contributed by atoms with Gasteiger partial charge in [-0.25, -0.2) is 9.97 Å². The number of halogens is 3. The zero-order chi connectivity index (χ0) is 29.5. The van der Waals surface area contributed by atoms with Gasteiger partial charge in [0.1, 0.15) is 5.69 Å². The smallest absolute Gasteiger partial charge is 0.377 e. The van der Waals surface area contributed by atoms with Crippen LogP contribution in [-0.4, -0.2) is 28.4 Å². The Morgan fingerprint density at radius 1 is 0.976 bits per heavy atom. The van der Waals surface area contributed by atoms with E-state index in [0.29, 0.717) is 46.4 Å². The van der Waals surface area contributed by atoms with E-state index in [1.54, 1.807) is 29.1 Å². The van der Waals surface area contributed by atoms with Gasteiger partial charge in [0.2, 0.25) is 5.91 Å². The van der Waals surface area contributed by atoms with Gasteiger partial charge < -0.3 is 15.4 Å². The molecule has 5 aromatic rings. The normalized spacial score (nSPS) is 12.3. The summed E-state index contributed by atoms with van der Waals surface area (Å²) in [4.78, 5) is 34.2. The summed E-state index contributed by atoms with van der Waals surface area (Å²) < 4.78 is 46.8. The molecule has 2 aromatic heterocycles. The molecule has 0 aliphatic heterocycles. The number of rotatable bonds is 11. The van der Waals surface area contributed by atoms with E-state index in [2.05, 4.69) is 20.6 Å². The molecular weight excluding hydrogens is 585 g/mol. The topological polar surface area (TPSA) is 93.2 Å². The Bertz CT molecular complexity index is 1660. The minimum Gasteiger partial charge on any atom is -0.377 e. The zero-order valence-electron chi connectivity index (χ0n) is 22.1. The Balaban J connectivity index is 1.28. The van der Waals surface area contributed by atoms with Crippen molar-refractivity contribution in [1.29, 1.82) is 0 Å². The van der Waals surface area contributed by atoms with Gasteiger partial charge in [-0.05, 0) is 48.2 Å². The van der Waals surface area contributed by atoms with Crippen molar-refractivity contribution in [2.45, 2.75) is 31.5 Å². The van der Waals surface area contributed by atoms with Crippen LogP contribution in [0.5, 0.6) is 0 Å². The van der Waals surface area contributed by atoms with Crippen LogP contribution in [-0.2, 0) is 22.3 Å². The number of amides is 2. The maximum atomic E-state index is 13.5. The van der Waals surface area contributed by atoms with E-state index in [9.17, 15) is 22.8 Å². The molecule has 0 fully saturated rings. The lowest BCUT2D eigenvalue weighted by Gasteiger charge is -2.18. The largest absolute Gasteiger partial charge is 0.416 e. The summed E-state index contributed by atoms with van der Waals surface area (Å²) in [6.07, 6.45) is -3.79. The number of alkyl halides is 3. The van der Waals surface area contributed by atoms with E-state index in [0.717, 1.165) is 17.7 Å². The van der Waals surface area contributed by atoms with Crippen molar-refractivity contribution < 1.29 is 27.5 Å². The molecular formula is C30H25F3N4O3S2. The fourth-order valence-corrected chi connectivity index (χ4v) is 5.74. The minimum absolute atomic E-state index is 0.263. The van der Waals surface area contributed by atoms with Crippen LogP contribution >= 0.6 is 22.7 Å². The Hall–Kier alpha value is -4.13. The molecule has 5 rings (SSSR count). The number of nitrogens with zero attached hydrogens (tertiary/aromatic N) is 2. The Morgan fingerprint density at radius 2 is 1.81 bits per heavy atom. The highest BCUT2D eigenvalue weighted by molar-refractivity contribution is 7.22. The highest BCUT2D eigenvalue weighted by atomic mass is 32.1. The van der Waals surface area contributed by atoms with Crippen molar-refractivity contribution >= 4 is 55.5 Å². The lowest BCUT2D eigenvalue weighted by atomic mass is 9.92. The van der Waals surface area contributed by atoms with Gasteiger partial charge in [0, 0.05) is 17.7 Å². The molecule has 0 bridgehead atoms. The number of carbonyl (C=O) groups excluding carboxylic acids is 2. The van der Waals surface area contributed by atoms with Crippen molar-refractivity contribution in [3.8, 4) is 0 Å². The second-order valence-corrected chi connectivity index (χ2v) is 11.1. The number of aromatic nitrogens is 2. The van der Waals surface area contributed by atoms with Crippen molar-refractivity contribution in [3.05, 3.63) is 106 Å². The van der Waals surface area contributed by atoms with Crippen LogP contribution in [0.15, 0.2) is 83.7 Å². The highest BCUT2D eigenvalue weighted by Crippen LogP contribution is 2.34. The SMILES string of the molecule is O=C(Nc1ccc2nc(NC(=O)C(CCCOCc3ccccc3)c3cccc(C(F)(F)F)c3)sc2c1)c1cscn1. The predicted molar refractivity (Wildman–Crippen MR) is 158 cm³/mol. The number of anilines is 2. The van der Waals surface area contributed by atoms with Crippen molar-refractivity contribution in [3.63, 3.8) is 0 Å². The van der Waals surface area contributed by atoms with Gasteiger partial charge in [0.05, 0.1) is 33.8 Å². The van der Waals surface area contributed by atoms with E-state index in [-0.39, 0.29) is 17.9 Å². The molecule has 0 saturated heterocycles. The van der Waals surface area contributed by atoms with Gasteiger partial charge in [-0.15, -0.1) is 11.3 Å². The van der Waals surface area contributed by atoms with Crippen LogP contribution in [0, 0.1) is 0 Å². The average molecular weight is 611 g/mol.